The van der Waals surface area contributed by atoms with Crippen LogP contribution in [0.5, 0.6) is 0 Å². The maximum atomic E-state index is 15.1. The summed E-state index contributed by atoms with van der Waals surface area (Å²) in [5.41, 5.74) is 2.95. The summed E-state index contributed by atoms with van der Waals surface area (Å²) in [5.74, 6) is 0.723. The van der Waals surface area contributed by atoms with Gasteiger partial charge in [-0.15, -0.1) is 0 Å². The third-order valence-corrected chi connectivity index (χ3v) is 8.20. The summed E-state index contributed by atoms with van der Waals surface area (Å²) in [6.45, 7) is 7.20. The average molecular weight is 548 g/mol. The van der Waals surface area contributed by atoms with E-state index in [0.717, 1.165) is 55.4 Å². The van der Waals surface area contributed by atoms with Gasteiger partial charge in [-0.1, -0.05) is 6.07 Å². The molecular formula is C29H31F2N7O2. The first kappa shape index (κ1) is 26.1. The number of carbonyl (C=O) groups is 1. The smallest absolute Gasteiger partial charge is 0.407 e. The number of imidazole rings is 1. The zero-order valence-corrected chi connectivity index (χ0v) is 22.7. The highest BCUT2D eigenvalue weighted by Gasteiger charge is 2.33. The van der Waals surface area contributed by atoms with Crippen LogP contribution in [0.3, 0.4) is 0 Å². The van der Waals surface area contributed by atoms with Crippen LogP contribution in [0.25, 0.3) is 22.3 Å². The number of carboxylic acid groups (broad SMARTS) is 1. The number of anilines is 2. The molecule has 1 saturated heterocycles. The standard InChI is InChI=1S/C29H31F2N7O2/c1-16-18(12-17-7-10-37(11-8-17)28(39)40)4-5-23(33-16)34-27-32-15-21(31)25(36-27)19-13-20(30)26-22(14-19)38-24(35-26)6-9-29(38,2)3/h4-5,13-15,17H,6-12H2,1-3H3,(H,39,40)(H,32,33,34,36). The topological polar surface area (TPSA) is 109 Å². The third kappa shape index (κ3) is 4.73. The van der Waals surface area contributed by atoms with E-state index in [0.29, 0.717) is 35.9 Å². The molecule has 5 heterocycles. The van der Waals surface area contributed by atoms with Crippen molar-refractivity contribution in [2.45, 2.75) is 58.4 Å². The number of halogens is 2. The van der Waals surface area contributed by atoms with Crippen LogP contribution in [-0.4, -0.2) is 53.7 Å². The molecule has 11 heteroatoms. The fraction of sp³-hybridized carbons (Fsp3) is 0.414. The van der Waals surface area contributed by atoms with Crippen molar-refractivity contribution in [3.8, 4) is 11.3 Å². The molecule has 3 aromatic heterocycles. The van der Waals surface area contributed by atoms with Crippen molar-refractivity contribution in [1.82, 2.24) is 29.4 Å². The molecule has 0 atom stereocenters. The summed E-state index contributed by atoms with van der Waals surface area (Å²) in [6.07, 6.45) is 4.35. The molecule has 1 fully saturated rings. The van der Waals surface area contributed by atoms with Gasteiger partial charge in [0.05, 0.1) is 11.7 Å². The molecule has 0 bridgehead atoms. The largest absolute Gasteiger partial charge is 0.465 e. The van der Waals surface area contributed by atoms with Crippen molar-refractivity contribution in [1.29, 1.82) is 0 Å². The predicted molar refractivity (Wildman–Crippen MR) is 147 cm³/mol. The Morgan fingerprint density at radius 3 is 2.62 bits per heavy atom. The average Bonchev–Trinajstić information content (AvgIpc) is 3.44. The van der Waals surface area contributed by atoms with Gasteiger partial charge in [0.25, 0.3) is 0 Å². The zero-order valence-electron chi connectivity index (χ0n) is 22.7. The van der Waals surface area contributed by atoms with E-state index in [1.165, 1.54) is 11.0 Å². The summed E-state index contributed by atoms with van der Waals surface area (Å²) in [7, 11) is 0. The number of fused-ring (bicyclic) bond motifs is 3. The number of nitrogens with one attached hydrogen (secondary N) is 1. The zero-order chi connectivity index (χ0) is 28.2. The van der Waals surface area contributed by atoms with Crippen LogP contribution in [0.2, 0.25) is 0 Å². The normalized spacial score (nSPS) is 16.9. The number of aryl methyl sites for hydroxylation is 2. The Morgan fingerprint density at radius 2 is 1.90 bits per heavy atom. The molecule has 4 aromatic rings. The Kier molecular flexibility index (Phi) is 6.39. The molecule has 0 unspecified atom stereocenters. The summed E-state index contributed by atoms with van der Waals surface area (Å²) in [5, 5.41) is 12.2. The Bertz CT molecular complexity index is 1630. The second-order valence-corrected chi connectivity index (χ2v) is 11.4. The van der Waals surface area contributed by atoms with Gasteiger partial charge in [-0.05, 0) is 76.1 Å². The minimum atomic E-state index is -0.863. The lowest BCUT2D eigenvalue weighted by Gasteiger charge is -2.30. The van der Waals surface area contributed by atoms with Crippen LogP contribution in [0.15, 0.2) is 30.5 Å². The first-order chi connectivity index (χ1) is 19.1. The van der Waals surface area contributed by atoms with E-state index in [4.69, 9.17) is 5.11 Å². The lowest BCUT2D eigenvalue weighted by Crippen LogP contribution is -2.37. The third-order valence-electron chi connectivity index (χ3n) is 8.20. The lowest BCUT2D eigenvalue weighted by atomic mass is 9.90. The number of rotatable bonds is 5. The van der Waals surface area contributed by atoms with Crippen molar-refractivity contribution in [3.05, 3.63) is 59.2 Å². The minimum Gasteiger partial charge on any atom is -0.465 e. The van der Waals surface area contributed by atoms with E-state index >= 15 is 4.39 Å². The summed E-state index contributed by atoms with van der Waals surface area (Å²) in [4.78, 5) is 30.2. The predicted octanol–water partition coefficient (Wildman–Crippen LogP) is 5.83. The molecule has 2 aliphatic heterocycles. The number of piperidine rings is 1. The van der Waals surface area contributed by atoms with Gasteiger partial charge in [-0.25, -0.2) is 33.5 Å². The lowest BCUT2D eigenvalue weighted by molar-refractivity contribution is 0.124. The van der Waals surface area contributed by atoms with Gasteiger partial charge in [0.1, 0.15) is 22.9 Å². The number of pyridine rings is 1. The molecule has 40 heavy (non-hydrogen) atoms. The second-order valence-electron chi connectivity index (χ2n) is 11.4. The van der Waals surface area contributed by atoms with Crippen molar-refractivity contribution in [2.24, 2.45) is 5.92 Å². The van der Waals surface area contributed by atoms with Crippen LogP contribution in [0.4, 0.5) is 25.3 Å². The van der Waals surface area contributed by atoms with Crippen LogP contribution in [0.1, 0.15) is 50.2 Å². The molecule has 0 spiro atoms. The molecule has 2 aliphatic rings. The fourth-order valence-corrected chi connectivity index (χ4v) is 5.95. The van der Waals surface area contributed by atoms with Crippen LogP contribution in [-0.2, 0) is 18.4 Å². The van der Waals surface area contributed by atoms with Crippen LogP contribution < -0.4 is 5.32 Å². The Morgan fingerprint density at radius 1 is 1.12 bits per heavy atom. The SMILES string of the molecule is Cc1nc(Nc2ncc(F)c(-c3cc(F)c4nc5n(c4c3)C(C)(C)CC5)n2)ccc1CC1CCN(C(=O)O)CC1. The molecule has 0 aliphatic carbocycles. The van der Waals surface area contributed by atoms with E-state index in [1.54, 1.807) is 6.07 Å². The molecule has 1 amide bonds. The van der Waals surface area contributed by atoms with Crippen LogP contribution >= 0.6 is 0 Å². The molecule has 0 saturated carbocycles. The number of hydrogen-bond acceptors (Lipinski definition) is 6. The molecular weight excluding hydrogens is 516 g/mol. The van der Waals surface area contributed by atoms with Gasteiger partial charge in [0, 0.05) is 36.3 Å². The quantitative estimate of drug-likeness (QED) is 0.323. The number of hydrogen-bond donors (Lipinski definition) is 2. The number of benzene rings is 1. The van der Waals surface area contributed by atoms with Gasteiger partial charge < -0.3 is 19.9 Å². The van der Waals surface area contributed by atoms with E-state index in [1.807, 2.05) is 23.6 Å². The Labute approximate surface area is 230 Å². The van der Waals surface area contributed by atoms with Crippen molar-refractivity contribution >= 4 is 28.9 Å². The van der Waals surface area contributed by atoms with Gasteiger partial charge in [-0.3, -0.25) is 0 Å². The van der Waals surface area contributed by atoms with E-state index in [9.17, 15) is 9.18 Å². The highest BCUT2D eigenvalue weighted by atomic mass is 19.1. The van der Waals surface area contributed by atoms with Gasteiger partial charge in [0.2, 0.25) is 5.95 Å². The maximum absolute atomic E-state index is 15.1. The van der Waals surface area contributed by atoms with Gasteiger partial charge in [0.15, 0.2) is 11.6 Å². The van der Waals surface area contributed by atoms with Crippen molar-refractivity contribution in [2.75, 3.05) is 18.4 Å². The first-order valence-corrected chi connectivity index (χ1v) is 13.5. The number of aromatic nitrogens is 5. The first-order valence-electron chi connectivity index (χ1n) is 13.5. The van der Waals surface area contributed by atoms with Gasteiger partial charge in [-0.2, -0.15) is 0 Å². The summed E-state index contributed by atoms with van der Waals surface area (Å²) in [6, 6.07) is 6.83. The number of nitrogens with zero attached hydrogens (tertiary/aromatic N) is 6. The molecule has 2 N–H and O–H groups in total. The Hall–Kier alpha value is -4.15. The summed E-state index contributed by atoms with van der Waals surface area (Å²) >= 11 is 0. The monoisotopic (exact) mass is 547 g/mol. The van der Waals surface area contributed by atoms with E-state index < -0.39 is 17.7 Å². The molecule has 1 aromatic carbocycles. The Balaban J connectivity index is 1.23. The minimum absolute atomic E-state index is 0.00861. The van der Waals surface area contributed by atoms with Crippen molar-refractivity contribution in [3.63, 3.8) is 0 Å². The summed E-state index contributed by atoms with van der Waals surface area (Å²) < 4.78 is 32.1. The second kappa shape index (κ2) is 9.79. The molecule has 208 valence electrons. The molecule has 9 nitrogen and oxygen atoms in total. The maximum Gasteiger partial charge on any atom is 0.407 e. The van der Waals surface area contributed by atoms with Gasteiger partial charge >= 0.3 is 6.09 Å². The van der Waals surface area contributed by atoms with E-state index in [-0.39, 0.29) is 22.7 Å². The molecule has 6 rings (SSSR count). The van der Waals surface area contributed by atoms with Crippen molar-refractivity contribution < 1.29 is 18.7 Å². The number of amides is 1. The number of likely N-dealkylation sites (tertiary alicyclic amines) is 1. The van der Waals surface area contributed by atoms with E-state index in [2.05, 4.69) is 39.1 Å². The molecule has 0 radical (unpaired) electrons. The highest BCUT2D eigenvalue weighted by molar-refractivity contribution is 5.83. The fourth-order valence-electron chi connectivity index (χ4n) is 5.95. The van der Waals surface area contributed by atoms with Crippen LogP contribution in [0, 0.1) is 24.5 Å². The highest BCUT2D eigenvalue weighted by Crippen LogP contribution is 2.38.